The van der Waals surface area contributed by atoms with E-state index in [4.69, 9.17) is 4.74 Å². The minimum Gasteiger partial charge on any atom is -0.392 e. The van der Waals surface area contributed by atoms with Gasteiger partial charge in [0.25, 0.3) is 0 Å². The SMILES string of the molecule is C[C@@H]1CN(c2c(CO)cc(C=NN3CCCC3)c(F)c2F)C[C@H](C)O1. The van der Waals surface area contributed by atoms with Crippen LogP contribution in [-0.4, -0.2) is 54.7 Å². The van der Waals surface area contributed by atoms with Gasteiger partial charge in [0, 0.05) is 37.3 Å². The second-order valence-electron chi connectivity index (χ2n) is 6.83. The molecule has 0 radical (unpaired) electrons. The quantitative estimate of drug-likeness (QED) is 0.845. The summed E-state index contributed by atoms with van der Waals surface area (Å²) in [4.78, 5) is 1.75. The lowest BCUT2D eigenvalue weighted by atomic mass is 10.1. The molecular formula is C18H25F2N3O2. The molecule has 2 aliphatic heterocycles. The second kappa shape index (κ2) is 7.66. The van der Waals surface area contributed by atoms with Crippen LogP contribution >= 0.6 is 0 Å². The summed E-state index contributed by atoms with van der Waals surface area (Å²) in [5, 5.41) is 15.8. The summed E-state index contributed by atoms with van der Waals surface area (Å²) >= 11 is 0. The molecule has 0 aromatic heterocycles. The number of benzene rings is 1. The molecule has 7 heteroatoms. The highest BCUT2D eigenvalue weighted by Gasteiger charge is 2.28. The van der Waals surface area contributed by atoms with Crippen molar-refractivity contribution in [2.45, 2.75) is 45.5 Å². The van der Waals surface area contributed by atoms with Crippen LogP contribution in [0.1, 0.15) is 37.8 Å². The van der Waals surface area contributed by atoms with Gasteiger partial charge in [0.05, 0.1) is 30.7 Å². The van der Waals surface area contributed by atoms with E-state index in [0.29, 0.717) is 18.7 Å². The van der Waals surface area contributed by atoms with Crippen LogP contribution in [0.5, 0.6) is 0 Å². The summed E-state index contributed by atoms with van der Waals surface area (Å²) < 4.78 is 35.0. The molecular weight excluding hydrogens is 328 g/mol. The molecule has 0 bridgehead atoms. The van der Waals surface area contributed by atoms with Gasteiger partial charge >= 0.3 is 0 Å². The topological polar surface area (TPSA) is 48.3 Å². The lowest BCUT2D eigenvalue weighted by Crippen LogP contribution is -2.46. The fraction of sp³-hybridized carbons (Fsp3) is 0.611. The van der Waals surface area contributed by atoms with Crippen molar-refractivity contribution in [2.75, 3.05) is 31.1 Å². The van der Waals surface area contributed by atoms with E-state index in [0.717, 1.165) is 25.9 Å². The van der Waals surface area contributed by atoms with Gasteiger partial charge < -0.3 is 14.7 Å². The van der Waals surface area contributed by atoms with Crippen molar-refractivity contribution in [2.24, 2.45) is 5.10 Å². The van der Waals surface area contributed by atoms with E-state index in [1.165, 1.54) is 12.3 Å². The van der Waals surface area contributed by atoms with Gasteiger partial charge in [0.1, 0.15) is 0 Å². The third kappa shape index (κ3) is 3.93. The zero-order valence-corrected chi connectivity index (χ0v) is 14.7. The Labute approximate surface area is 146 Å². The number of ether oxygens (including phenoxy) is 1. The standard InChI is InChI=1S/C18H25F2N3O2/c1-12-9-22(10-13(2)25-12)18-15(11-24)7-14(16(19)17(18)20)8-21-23-5-3-4-6-23/h7-8,12-13,24H,3-6,9-11H2,1-2H3/t12-,13+. The smallest absolute Gasteiger partial charge is 0.183 e. The number of halogens is 2. The van der Waals surface area contributed by atoms with Crippen LogP contribution in [0, 0.1) is 11.6 Å². The minimum atomic E-state index is -0.935. The van der Waals surface area contributed by atoms with Crippen molar-refractivity contribution in [1.82, 2.24) is 5.01 Å². The number of morpholine rings is 1. The predicted molar refractivity (Wildman–Crippen MR) is 92.9 cm³/mol. The Balaban J connectivity index is 1.92. The van der Waals surface area contributed by atoms with Crippen molar-refractivity contribution in [1.29, 1.82) is 0 Å². The molecule has 1 N–H and O–H groups in total. The highest BCUT2D eigenvalue weighted by atomic mass is 19.2. The number of anilines is 1. The van der Waals surface area contributed by atoms with E-state index in [-0.39, 0.29) is 30.1 Å². The lowest BCUT2D eigenvalue weighted by Gasteiger charge is -2.38. The average Bonchev–Trinajstić information content (AvgIpc) is 3.08. The molecule has 25 heavy (non-hydrogen) atoms. The zero-order valence-electron chi connectivity index (χ0n) is 14.7. The maximum atomic E-state index is 14.8. The van der Waals surface area contributed by atoms with E-state index >= 15 is 0 Å². The fourth-order valence-electron chi connectivity index (χ4n) is 3.57. The van der Waals surface area contributed by atoms with Gasteiger partial charge in [-0.1, -0.05) is 0 Å². The number of nitrogens with zero attached hydrogens (tertiary/aromatic N) is 3. The minimum absolute atomic E-state index is 0.0616. The normalized spacial score (nSPS) is 24.5. The van der Waals surface area contributed by atoms with Gasteiger partial charge in [0.15, 0.2) is 11.6 Å². The Morgan fingerprint density at radius 2 is 1.84 bits per heavy atom. The maximum absolute atomic E-state index is 14.8. The first-order valence-corrected chi connectivity index (χ1v) is 8.80. The van der Waals surface area contributed by atoms with Gasteiger partial charge in [0.2, 0.25) is 0 Å². The van der Waals surface area contributed by atoms with Crippen LogP contribution in [0.15, 0.2) is 11.2 Å². The van der Waals surface area contributed by atoms with E-state index in [2.05, 4.69) is 5.10 Å². The molecule has 2 aliphatic rings. The first-order valence-electron chi connectivity index (χ1n) is 8.80. The molecule has 1 aromatic carbocycles. The molecule has 3 rings (SSSR count). The lowest BCUT2D eigenvalue weighted by molar-refractivity contribution is -0.00554. The summed E-state index contributed by atoms with van der Waals surface area (Å²) in [7, 11) is 0. The summed E-state index contributed by atoms with van der Waals surface area (Å²) in [5.74, 6) is -1.86. The predicted octanol–water partition coefficient (Wildman–Crippen LogP) is 2.50. The Kier molecular flexibility index (Phi) is 5.54. The molecule has 0 aliphatic carbocycles. The van der Waals surface area contributed by atoms with Crippen LogP contribution in [0.25, 0.3) is 0 Å². The molecule has 138 valence electrons. The number of hydrogen-bond acceptors (Lipinski definition) is 5. The molecule has 0 amide bonds. The van der Waals surface area contributed by atoms with Gasteiger partial charge in [-0.25, -0.2) is 8.78 Å². The van der Waals surface area contributed by atoms with Crippen molar-refractivity contribution < 1.29 is 18.6 Å². The van der Waals surface area contributed by atoms with E-state index in [1.807, 2.05) is 18.9 Å². The average molecular weight is 353 g/mol. The number of aliphatic hydroxyl groups excluding tert-OH is 1. The molecule has 0 saturated carbocycles. The molecule has 1 aromatic rings. The number of hydrazone groups is 1. The van der Waals surface area contributed by atoms with E-state index in [1.54, 1.807) is 4.90 Å². The number of hydrogen-bond donors (Lipinski definition) is 1. The Morgan fingerprint density at radius 1 is 1.20 bits per heavy atom. The monoisotopic (exact) mass is 353 g/mol. The van der Waals surface area contributed by atoms with E-state index < -0.39 is 11.6 Å². The molecule has 2 fully saturated rings. The first kappa shape index (κ1) is 18.1. The number of rotatable bonds is 4. The highest BCUT2D eigenvalue weighted by Crippen LogP contribution is 2.31. The Morgan fingerprint density at radius 3 is 2.44 bits per heavy atom. The molecule has 5 nitrogen and oxygen atoms in total. The summed E-state index contributed by atoms with van der Waals surface area (Å²) in [6.45, 7) is 5.99. The third-order valence-electron chi connectivity index (χ3n) is 4.64. The van der Waals surface area contributed by atoms with Gasteiger partial charge in [-0.05, 0) is 32.8 Å². The largest absolute Gasteiger partial charge is 0.392 e. The molecule has 2 atom stereocenters. The third-order valence-corrected chi connectivity index (χ3v) is 4.64. The van der Waals surface area contributed by atoms with Crippen LogP contribution in [0.2, 0.25) is 0 Å². The molecule has 2 saturated heterocycles. The summed E-state index contributed by atoms with van der Waals surface area (Å²) in [6.07, 6.45) is 3.28. The van der Waals surface area contributed by atoms with Gasteiger partial charge in [-0.3, -0.25) is 5.01 Å². The zero-order chi connectivity index (χ0) is 18.0. The van der Waals surface area contributed by atoms with Crippen molar-refractivity contribution in [3.05, 3.63) is 28.8 Å². The van der Waals surface area contributed by atoms with E-state index in [9.17, 15) is 13.9 Å². The van der Waals surface area contributed by atoms with Crippen molar-refractivity contribution >= 4 is 11.9 Å². The van der Waals surface area contributed by atoms with Crippen molar-refractivity contribution in [3.8, 4) is 0 Å². The highest BCUT2D eigenvalue weighted by molar-refractivity contribution is 5.82. The first-order chi connectivity index (χ1) is 12.0. The van der Waals surface area contributed by atoms with Crippen molar-refractivity contribution in [3.63, 3.8) is 0 Å². The fourth-order valence-corrected chi connectivity index (χ4v) is 3.57. The van der Waals surface area contributed by atoms with Gasteiger partial charge in [-0.15, -0.1) is 0 Å². The van der Waals surface area contributed by atoms with Crippen LogP contribution < -0.4 is 4.90 Å². The molecule has 0 spiro atoms. The van der Waals surface area contributed by atoms with Crippen LogP contribution in [0.4, 0.5) is 14.5 Å². The van der Waals surface area contributed by atoms with Crippen LogP contribution in [-0.2, 0) is 11.3 Å². The number of aliphatic hydroxyl groups is 1. The van der Waals surface area contributed by atoms with Crippen LogP contribution in [0.3, 0.4) is 0 Å². The second-order valence-corrected chi connectivity index (χ2v) is 6.83. The Hall–Kier alpha value is -1.73. The molecule has 2 heterocycles. The summed E-state index contributed by atoms with van der Waals surface area (Å²) in [6, 6.07) is 1.48. The maximum Gasteiger partial charge on any atom is 0.183 e. The Bertz CT molecular complexity index is 638. The molecule has 0 unspecified atom stereocenters. The van der Waals surface area contributed by atoms with Gasteiger partial charge in [-0.2, -0.15) is 5.10 Å². The summed E-state index contributed by atoms with van der Waals surface area (Å²) in [5.41, 5.74) is 0.551.